The average molecular weight is 374 g/mol. The van der Waals surface area contributed by atoms with E-state index in [1.54, 1.807) is 61.7 Å². The molecule has 0 amide bonds. The van der Waals surface area contributed by atoms with Crippen molar-refractivity contribution in [2.45, 2.75) is 11.8 Å². The lowest BCUT2D eigenvalue weighted by Crippen LogP contribution is -2.15. The normalized spacial score (nSPS) is 11.1. The zero-order valence-corrected chi connectivity index (χ0v) is 15.0. The third-order valence-electron chi connectivity index (χ3n) is 3.52. The maximum atomic E-state index is 12.5. The molecule has 3 aromatic rings. The molecule has 2 N–H and O–H groups in total. The molecule has 0 fully saturated rings. The SMILES string of the molecule is Cc1ccccc1S(=O)(=O)Nc1ccc(Nc2ccc(Cl)cc2)cn1. The fraction of sp³-hybridized carbons (Fsp3) is 0.0556. The molecule has 3 rings (SSSR count). The van der Waals surface area contributed by atoms with E-state index in [0.29, 0.717) is 10.6 Å². The minimum Gasteiger partial charge on any atom is -0.354 e. The van der Waals surface area contributed by atoms with Crippen molar-refractivity contribution in [1.82, 2.24) is 4.98 Å². The number of hydrogen-bond acceptors (Lipinski definition) is 4. The van der Waals surface area contributed by atoms with E-state index in [2.05, 4.69) is 15.0 Å². The van der Waals surface area contributed by atoms with E-state index in [1.165, 1.54) is 0 Å². The highest BCUT2D eigenvalue weighted by molar-refractivity contribution is 7.92. The van der Waals surface area contributed by atoms with Crippen LogP contribution in [0.15, 0.2) is 71.8 Å². The van der Waals surface area contributed by atoms with Crippen LogP contribution >= 0.6 is 11.6 Å². The molecule has 2 aromatic carbocycles. The monoisotopic (exact) mass is 373 g/mol. The summed E-state index contributed by atoms with van der Waals surface area (Å²) in [6.07, 6.45) is 1.56. The molecule has 25 heavy (non-hydrogen) atoms. The molecular weight excluding hydrogens is 358 g/mol. The Labute approximate surface area is 151 Å². The van der Waals surface area contributed by atoms with Crippen LogP contribution in [-0.2, 0) is 10.0 Å². The van der Waals surface area contributed by atoms with Crippen LogP contribution < -0.4 is 10.0 Å². The summed E-state index contributed by atoms with van der Waals surface area (Å²) in [6, 6.07) is 17.4. The minimum absolute atomic E-state index is 0.236. The smallest absolute Gasteiger partial charge is 0.263 e. The molecule has 0 atom stereocenters. The number of pyridine rings is 1. The van der Waals surface area contributed by atoms with Crippen LogP contribution in [0.5, 0.6) is 0 Å². The molecule has 0 saturated carbocycles. The Hall–Kier alpha value is -2.57. The van der Waals surface area contributed by atoms with Crippen molar-refractivity contribution < 1.29 is 8.42 Å². The van der Waals surface area contributed by atoms with Crippen molar-refractivity contribution >= 4 is 38.8 Å². The number of nitrogens with one attached hydrogen (secondary N) is 2. The number of aryl methyl sites for hydroxylation is 1. The highest BCUT2D eigenvalue weighted by atomic mass is 35.5. The third-order valence-corrected chi connectivity index (χ3v) is 5.29. The lowest BCUT2D eigenvalue weighted by atomic mass is 10.2. The summed E-state index contributed by atoms with van der Waals surface area (Å²) in [6.45, 7) is 1.75. The molecule has 128 valence electrons. The van der Waals surface area contributed by atoms with E-state index in [4.69, 9.17) is 11.6 Å². The zero-order chi connectivity index (χ0) is 17.9. The summed E-state index contributed by atoms with van der Waals surface area (Å²) >= 11 is 5.85. The van der Waals surface area contributed by atoms with Gasteiger partial charge in [-0.15, -0.1) is 0 Å². The van der Waals surface area contributed by atoms with Gasteiger partial charge in [0.15, 0.2) is 0 Å². The van der Waals surface area contributed by atoms with E-state index in [9.17, 15) is 8.42 Å². The second-order valence-corrected chi connectivity index (χ2v) is 7.52. The first-order valence-electron chi connectivity index (χ1n) is 7.51. The quantitative estimate of drug-likeness (QED) is 0.686. The molecule has 7 heteroatoms. The molecule has 0 unspecified atom stereocenters. The minimum atomic E-state index is -3.67. The maximum Gasteiger partial charge on any atom is 0.263 e. The van der Waals surface area contributed by atoms with Crippen LogP contribution in [0.3, 0.4) is 0 Å². The van der Waals surface area contributed by atoms with Gasteiger partial charge in [0.05, 0.1) is 16.8 Å². The van der Waals surface area contributed by atoms with Gasteiger partial charge in [0.25, 0.3) is 10.0 Å². The lowest BCUT2D eigenvalue weighted by molar-refractivity contribution is 0.600. The topological polar surface area (TPSA) is 71.1 Å². The molecule has 0 radical (unpaired) electrons. The van der Waals surface area contributed by atoms with Crippen LogP contribution in [0.2, 0.25) is 5.02 Å². The Kier molecular flexibility index (Phi) is 4.92. The summed E-state index contributed by atoms with van der Waals surface area (Å²) in [5.41, 5.74) is 2.27. The average Bonchev–Trinajstić information content (AvgIpc) is 2.59. The standard InChI is InChI=1S/C18H16ClN3O2S/c1-13-4-2-3-5-17(13)25(23,24)22-18-11-10-16(12-20-18)21-15-8-6-14(19)7-9-15/h2-12,21H,1H3,(H,20,22). The van der Waals surface area contributed by atoms with Crippen molar-refractivity contribution in [3.05, 3.63) is 77.4 Å². The Balaban J connectivity index is 1.74. The van der Waals surface area contributed by atoms with Gasteiger partial charge in [-0.05, 0) is 55.0 Å². The fourth-order valence-electron chi connectivity index (χ4n) is 2.28. The second kappa shape index (κ2) is 7.13. The lowest BCUT2D eigenvalue weighted by Gasteiger charge is -2.10. The molecule has 0 aliphatic carbocycles. The van der Waals surface area contributed by atoms with Crippen molar-refractivity contribution in [3.8, 4) is 0 Å². The van der Waals surface area contributed by atoms with Gasteiger partial charge >= 0.3 is 0 Å². The van der Waals surface area contributed by atoms with Gasteiger partial charge in [-0.3, -0.25) is 4.72 Å². The summed E-state index contributed by atoms with van der Waals surface area (Å²) in [5.74, 6) is 0.255. The Morgan fingerprint density at radius 3 is 2.24 bits per heavy atom. The van der Waals surface area contributed by atoms with Gasteiger partial charge in [-0.2, -0.15) is 0 Å². The van der Waals surface area contributed by atoms with Gasteiger partial charge in [-0.1, -0.05) is 29.8 Å². The molecule has 0 bridgehead atoms. The van der Waals surface area contributed by atoms with Crippen LogP contribution in [-0.4, -0.2) is 13.4 Å². The van der Waals surface area contributed by atoms with Crippen LogP contribution in [0.1, 0.15) is 5.56 Å². The number of nitrogens with zero attached hydrogens (tertiary/aromatic N) is 1. The van der Waals surface area contributed by atoms with Crippen LogP contribution in [0, 0.1) is 6.92 Å². The fourth-order valence-corrected chi connectivity index (χ4v) is 3.66. The van der Waals surface area contributed by atoms with Gasteiger partial charge in [-0.25, -0.2) is 13.4 Å². The van der Waals surface area contributed by atoms with Gasteiger partial charge in [0, 0.05) is 10.7 Å². The molecule has 1 aromatic heterocycles. The molecule has 0 saturated heterocycles. The Bertz CT molecular complexity index is 972. The summed E-state index contributed by atoms with van der Waals surface area (Å²) in [4.78, 5) is 4.39. The Morgan fingerprint density at radius 1 is 0.920 bits per heavy atom. The third kappa shape index (κ3) is 4.29. The predicted molar refractivity (Wildman–Crippen MR) is 101 cm³/mol. The number of halogens is 1. The van der Waals surface area contributed by atoms with Crippen molar-refractivity contribution in [2.24, 2.45) is 0 Å². The number of sulfonamides is 1. The van der Waals surface area contributed by atoms with Crippen LogP contribution in [0.4, 0.5) is 17.2 Å². The number of aromatic nitrogens is 1. The van der Waals surface area contributed by atoms with Crippen molar-refractivity contribution in [2.75, 3.05) is 10.0 Å². The van der Waals surface area contributed by atoms with E-state index >= 15 is 0 Å². The first-order valence-corrected chi connectivity index (χ1v) is 9.37. The summed E-state index contributed by atoms with van der Waals surface area (Å²) < 4.78 is 27.4. The summed E-state index contributed by atoms with van der Waals surface area (Å²) in [5, 5.41) is 3.82. The Morgan fingerprint density at radius 2 is 1.60 bits per heavy atom. The van der Waals surface area contributed by atoms with Gasteiger partial charge in [0.2, 0.25) is 0 Å². The first kappa shape index (κ1) is 17.3. The van der Waals surface area contributed by atoms with E-state index in [1.807, 2.05) is 12.1 Å². The van der Waals surface area contributed by atoms with Gasteiger partial charge < -0.3 is 5.32 Å². The molecule has 5 nitrogen and oxygen atoms in total. The van der Waals surface area contributed by atoms with Gasteiger partial charge in [0.1, 0.15) is 5.82 Å². The number of benzene rings is 2. The van der Waals surface area contributed by atoms with E-state index < -0.39 is 10.0 Å². The molecule has 0 aliphatic rings. The predicted octanol–water partition coefficient (Wildman–Crippen LogP) is 4.59. The van der Waals surface area contributed by atoms with E-state index in [0.717, 1.165) is 11.4 Å². The van der Waals surface area contributed by atoms with Crippen LogP contribution in [0.25, 0.3) is 0 Å². The van der Waals surface area contributed by atoms with E-state index in [-0.39, 0.29) is 10.7 Å². The molecular formula is C18H16ClN3O2S. The number of hydrogen-bond donors (Lipinski definition) is 2. The molecule has 0 spiro atoms. The van der Waals surface area contributed by atoms with Crippen molar-refractivity contribution in [1.29, 1.82) is 0 Å². The zero-order valence-electron chi connectivity index (χ0n) is 13.4. The molecule has 1 heterocycles. The first-order chi connectivity index (χ1) is 11.9. The van der Waals surface area contributed by atoms with Crippen molar-refractivity contribution in [3.63, 3.8) is 0 Å². The summed E-state index contributed by atoms with van der Waals surface area (Å²) in [7, 11) is -3.67. The molecule has 0 aliphatic heterocycles. The second-order valence-electron chi connectivity index (χ2n) is 5.44. The largest absolute Gasteiger partial charge is 0.354 e. The number of rotatable bonds is 5. The maximum absolute atomic E-state index is 12.5. The highest BCUT2D eigenvalue weighted by Crippen LogP contribution is 2.21. The number of anilines is 3. The highest BCUT2D eigenvalue weighted by Gasteiger charge is 2.16.